The molecule has 2 N–H and O–H groups in total. The first-order valence-corrected chi connectivity index (χ1v) is 15.3. The summed E-state index contributed by atoms with van der Waals surface area (Å²) < 4.78 is 38.0. The first-order valence-electron chi connectivity index (χ1n) is 13.3. The fourth-order valence-corrected chi connectivity index (χ4v) is 6.52. The Morgan fingerprint density at radius 1 is 1.21 bits per heavy atom. The van der Waals surface area contributed by atoms with Gasteiger partial charge in [-0.25, -0.2) is 27.8 Å². The zero-order valence-electron chi connectivity index (χ0n) is 23.0. The molecule has 10 nitrogen and oxygen atoms in total. The van der Waals surface area contributed by atoms with Crippen molar-refractivity contribution in [3.63, 3.8) is 0 Å². The standard InChI is InChI=1S/C27H36FN7O3S/c1-16(2)19-6-7-21(35-13-18(17(35)3)15-39(5,37)38)20-12-30-25(33-24(19)20)31-23-8-10-29-26(32-23)34-11-9-27(4,36)22(28)14-34/h6-8,10,12,16-18,22,36H,9,11,13-15H2,1-5H3,(H,29,30,31,32,33)/t17-,18-,22+,27-/m1/s1. The van der Waals surface area contributed by atoms with Gasteiger partial charge in [-0.1, -0.05) is 19.9 Å². The molecular formula is C27H36FN7O3S. The van der Waals surface area contributed by atoms with Gasteiger partial charge in [0.05, 0.1) is 23.4 Å². The smallest absolute Gasteiger partial charge is 0.228 e. The predicted molar refractivity (Wildman–Crippen MR) is 151 cm³/mol. The number of fused-ring (bicyclic) bond motifs is 1. The van der Waals surface area contributed by atoms with Crippen LogP contribution in [-0.2, 0) is 9.84 Å². The van der Waals surface area contributed by atoms with E-state index in [4.69, 9.17) is 4.98 Å². The maximum atomic E-state index is 14.4. The number of hydrogen-bond donors (Lipinski definition) is 2. The summed E-state index contributed by atoms with van der Waals surface area (Å²) in [6, 6.07) is 5.95. The molecule has 2 aliphatic heterocycles. The number of sulfone groups is 1. The molecule has 39 heavy (non-hydrogen) atoms. The van der Waals surface area contributed by atoms with Crippen molar-refractivity contribution in [3.8, 4) is 0 Å². The van der Waals surface area contributed by atoms with Gasteiger partial charge in [0, 0.05) is 54.8 Å². The van der Waals surface area contributed by atoms with E-state index < -0.39 is 21.6 Å². The number of benzene rings is 1. The Bertz CT molecular complexity index is 1480. The number of hydrogen-bond acceptors (Lipinski definition) is 10. The Hall–Kier alpha value is -3.12. The van der Waals surface area contributed by atoms with Gasteiger partial charge in [-0.2, -0.15) is 4.98 Å². The number of nitrogens with zero attached hydrogens (tertiary/aromatic N) is 6. The molecule has 2 aliphatic rings. The van der Waals surface area contributed by atoms with Crippen LogP contribution < -0.4 is 15.1 Å². The van der Waals surface area contributed by atoms with Gasteiger partial charge >= 0.3 is 0 Å². The topological polar surface area (TPSA) is 124 Å². The summed E-state index contributed by atoms with van der Waals surface area (Å²) in [5, 5.41) is 14.2. The van der Waals surface area contributed by atoms with E-state index in [1.54, 1.807) is 23.4 Å². The summed E-state index contributed by atoms with van der Waals surface area (Å²) in [4.78, 5) is 22.2. The fraction of sp³-hybridized carbons (Fsp3) is 0.556. The number of nitrogens with one attached hydrogen (secondary N) is 1. The van der Waals surface area contributed by atoms with Crippen LogP contribution in [0.5, 0.6) is 0 Å². The fourth-order valence-electron chi connectivity index (χ4n) is 5.36. The number of alkyl halides is 1. The van der Waals surface area contributed by atoms with Crippen LogP contribution >= 0.6 is 0 Å². The second kappa shape index (κ2) is 10.1. The summed E-state index contributed by atoms with van der Waals surface area (Å²) >= 11 is 0. The van der Waals surface area contributed by atoms with Gasteiger partial charge in [0.2, 0.25) is 11.9 Å². The van der Waals surface area contributed by atoms with Crippen LogP contribution in [0.3, 0.4) is 0 Å². The largest absolute Gasteiger partial charge is 0.387 e. The van der Waals surface area contributed by atoms with E-state index in [0.717, 1.165) is 22.2 Å². The molecule has 3 aromatic rings. The highest BCUT2D eigenvalue weighted by Crippen LogP contribution is 2.38. The van der Waals surface area contributed by atoms with Crippen LogP contribution in [0.4, 0.5) is 27.8 Å². The van der Waals surface area contributed by atoms with Gasteiger partial charge in [-0.15, -0.1) is 0 Å². The molecule has 1 aromatic carbocycles. The van der Waals surface area contributed by atoms with E-state index in [2.05, 4.69) is 58.1 Å². The number of aliphatic hydroxyl groups is 1. The van der Waals surface area contributed by atoms with E-state index in [-0.39, 0.29) is 36.6 Å². The van der Waals surface area contributed by atoms with Crippen molar-refractivity contribution >= 4 is 44.1 Å². The minimum atomic E-state index is -3.04. The Morgan fingerprint density at radius 3 is 2.64 bits per heavy atom. The van der Waals surface area contributed by atoms with Gasteiger partial charge in [-0.05, 0) is 43.9 Å². The summed E-state index contributed by atoms with van der Waals surface area (Å²) in [7, 11) is -3.04. The molecular weight excluding hydrogens is 521 g/mol. The molecule has 0 amide bonds. The molecule has 0 saturated carbocycles. The highest BCUT2D eigenvalue weighted by molar-refractivity contribution is 7.90. The summed E-state index contributed by atoms with van der Waals surface area (Å²) in [6.45, 7) is 8.93. The Labute approximate surface area is 228 Å². The van der Waals surface area contributed by atoms with E-state index in [1.165, 1.54) is 13.2 Å². The molecule has 2 fully saturated rings. The van der Waals surface area contributed by atoms with Crippen LogP contribution in [0.25, 0.3) is 10.9 Å². The van der Waals surface area contributed by atoms with Gasteiger partial charge in [-0.3, -0.25) is 0 Å². The molecule has 0 unspecified atom stereocenters. The van der Waals surface area contributed by atoms with E-state index in [0.29, 0.717) is 30.8 Å². The number of piperidine rings is 1. The van der Waals surface area contributed by atoms with Crippen molar-refractivity contribution in [2.24, 2.45) is 5.92 Å². The second-order valence-electron chi connectivity index (χ2n) is 11.4. The second-order valence-corrected chi connectivity index (χ2v) is 13.6. The lowest BCUT2D eigenvalue weighted by molar-refractivity contribution is -0.0332. The highest BCUT2D eigenvalue weighted by Gasteiger charge is 2.39. The van der Waals surface area contributed by atoms with Crippen LogP contribution in [0.2, 0.25) is 0 Å². The van der Waals surface area contributed by atoms with Gasteiger partial charge in [0.15, 0.2) is 0 Å². The Morgan fingerprint density at radius 2 is 1.97 bits per heavy atom. The number of aromatic nitrogens is 4. The molecule has 4 atom stereocenters. The minimum absolute atomic E-state index is 0.0173. The van der Waals surface area contributed by atoms with Crippen molar-refractivity contribution in [2.45, 2.75) is 57.8 Å². The van der Waals surface area contributed by atoms with Crippen LogP contribution in [-0.4, -0.2) is 82.9 Å². The van der Waals surface area contributed by atoms with Gasteiger partial charge < -0.3 is 20.2 Å². The highest BCUT2D eigenvalue weighted by atomic mass is 32.2. The molecule has 2 aromatic heterocycles. The minimum Gasteiger partial charge on any atom is -0.387 e. The Kier molecular flexibility index (Phi) is 7.13. The van der Waals surface area contributed by atoms with Crippen molar-refractivity contribution in [1.82, 2.24) is 19.9 Å². The van der Waals surface area contributed by atoms with E-state index in [1.807, 2.05) is 0 Å². The molecule has 4 heterocycles. The summed E-state index contributed by atoms with van der Waals surface area (Å²) in [6.07, 6.45) is 3.57. The van der Waals surface area contributed by atoms with Crippen LogP contribution in [0.15, 0.2) is 30.6 Å². The quantitative estimate of drug-likeness (QED) is 0.446. The average molecular weight is 558 g/mol. The molecule has 2 saturated heterocycles. The summed E-state index contributed by atoms with van der Waals surface area (Å²) in [5.41, 5.74) is 1.55. The molecule has 210 valence electrons. The summed E-state index contributed by atoms with van der Waals surface area (Å²) in [5.74, 6) is 1.73. The first-order chi connectivity index (χ1) is 18.3. The molecule has 0 radical (unpaired) electrons. The van der Waals surface area contributed by atoms with Crippen molar-refractivity contribution in [1.29, 1.82) is 0 Å². The monoisotopic (exact) mass is 557 g/mol. The zero-order valence-corrected chi connectivity index (χ0v) is 23.8. The van der Waals surface area contributed by atoms with Crippen molar-refractivity contribution < 1.29 is 17.9 Å². The van der Waals surface area contributed by atoms with Gasteiger partial charge in [0.25, 0.3) is 0 Å². The number of halogens is 1. The molecule has 12 heteroatoms. The van der Waals surface area contributed by atoms with Crippen molar-refractivity contribution in [2.75, 3.05) is 46.8 Å². The lowest BCUT2D eigenvalue weighted by Gasteiger charge is -2.48. The third-order valence-electron chi connectivity index (χ3n) is 7.92. The van der Waals surface area contributed by atoms with Crippen molar-refractivity contribution in [3.05, 3.63) is 36.2 Å². The zero-order chi connectivity index (χ0) is 28.1. The van der Waals surface area contributed by atoms with E-state index >= 15 is 0 Å². The normalized spacial score (nSPS) is 25.7. The van der Waals surface area contributed by atoms with E-state index in [9.17, 15) is 17.9 Å². The third-order valence-corrected chi connectivity index (χ3v) is 8.95. The lowest BCUT2D eigenvalue weighted by atomic mass is 9.89. The molecule has 5 rings (SSSR count). The molecule has 0 aliphatic carbocycles. The van der Waals surface area contributed by atoms with Crippen LogP contribution in [0, 0.1) is 5.92 Å². The number of anilines is 4. The molecule has 0 bridgehead atoms. The average Bonchev–Trinajstić information content (AvgIpc) is 2.86. The molecule has 0 spiro atoms. The maximum absolute atomic E-state index is 14.4. The lowest BCUT2D eigenvalue weighted by Crippen LogP contribution is -2.57. The van der Waals surface area contributed by atoms with Gasteiger partial charge in [0.1, 0.15) is 21.8 Å². The SMILES string of the molecule is CC(C)c1ccc(N2C[C@H](CS(C)(=O)=O)[C@H]2C)c2cnc(Nc3ccnc(N4CC[C@@](C)(O)[C@@H](F)C4)n3)nc12. The van der Waals surface area contributed by atoms with Crippen LogP contribution in [0.1, 0.15) is 45.6 Å². The third kappa shape index (κ3) is 5.62. The maximum Gasteiger partial charge on any atom is 0.228 e. The Balaban J connectivity index is 1.40. The predicted octanol–water partition coefficient (Wildman–Crippen LogP) is 3.46. The first kappa shape index (κ1) is 27.4. The number of rotatable bonds is 7.